The summed E-state index contributed by atoms with van der Waals surface area (Å²) in [6.07, 6.45) is 0. The van der Waals surface area contributed by atoms with Crippen LogP contribution in [0.15, 0.2) is 24.3 Å². The second kappa shape index (κ2) is 3.71. The summed E-state index contributed by atoms with van der Waals surface area (Å²) in [5, 5.41) is 3.84. The fourth-order valence-corrected chi connectivity index (χ4v) is 2.59. The number of nitrogens with one attached hydrogen (secondary N) is 1. The highest BCUT2D eigenvalue weighted by Crippen LogP contribution is 2.37. The molecule has 0 fully saturated rings. The van der Waals surface area contributed by atoms with Crippen LogP contribution >= 0.6 is 0 Å². The summed E-state index contributed by atoms with van der Waals surface area (Å²) in [5.41, 5.74) is 8.17. The first-order chi connectivity index (χ1) is 9.00. The van der Waals surface area contributed by atoms with Gasteiger partial charge in [-0.1, -0.05) is 12.1 Å². The maximum atomic E-state index is 12.1. The molecular weight excluding hydrogens is 242 g/mol. The third-order valence-electron chi connectivity index (χ3n) is 3.31. The van der Waals surface area contributed by atoms with Crippen LogP contribution in [-0.2, 0) is 0 Å². The van der Waals surface area contributed by atoms with Crippen LogP contribution in [0.1, 0.15) is 20.7 Å². The first kappa shape index (κ1) is 11.5. The second-order valence-electron chi connectivity index (χ2n) is 4.77. The Morgan fingerprint density at radius 3 is 2.58 bits per heavy atom. The zero-order valence-corrected chi connectivity index (χ0v) is 10.7. The zero-order valence-electron chi connectivity index (χ0n) is 10.7. The van der Waals surface area contributed by atoms with E-state index in [1.807, 2.05) is 20.2 Å². The molecule has 0 atom stereocenters. The van der Waals surface area contributed by atoms with Crippen LogP contribution in [0.5, 0.6) is 0 Å². The first-order valence-corrected chi connectivity index (χ1v) is 5.89. The topological polar surface area (TPSA) is 75.4 Å². The van der Waals surface area contributed by atoms with Gasteiger partial charge >= 0.3 is 0 Å². The van der Waals surface area contributed by atoms with Crippen LogP contribution in [0.2, 0.25) is 0 Å². The quantitative estimate of drug-likeness (QED) is 0.596. The van der Waals surface area contributed by atoms with E-state index >= 15 is 0 Å². The fourth-order valence-electron chi connectivity index (χ4n) is 2.59. The van der Waals surface area contributed by atoms with E-state index in [1.165, 1.54) is 0 Å². The number of amides is 2. The molecule has 0 aliphatic carbocycles. The van der Waals surface area contributed by atoms with Crippen LogP contribution in [0.3, 0.4) is 0 Å². The number of nitrogens with zero attached hydrogens (tertiary/aromatic N) is 1. The van der Waals surface area contributed by atoms with Gasteiger partial charge in [0.1, 0.15) is 0 Å². The SMILES string of the molecule is CN(C)c1c(N)cc2cccc3c2c1C(=O)NC3=O. The van der Waals surface area contributed by atoms with Gasteiger partial charge in [0.05, 0.1) is 16.9 Å². The summed E-state index contributed by atoms with van der Waals surface area (Å²) in [7, 11) is 3.64. The predicted molar refractivity (Wildman–Crippen MR) is 74.5 cm³/mol. The molecule has 2 aromatic carbocycles. The molecule has 19 heavy (non-hydrogen) atoms. The molecule has 2 aromatic rings. The average Bonchev–Trinajstić information content (AvgIpc) is 2.34. The molecule has 3 rings (SSSR count). The number of carbonyl (C=O) groups excluding carboxylic acids is 2. The van der Waals surface area contributed by atoms with Gasteiger partial charge in [-0.2, -0.15) is 0 Å². The third kappa shape index (κ3) is 1.48. The van der Waals surface area contributed by atoms with Gasteiger partial charge in [-0.05, 0) is 17.5 Å². The van der Waals surface area contributed by atoms with Crippen molar-refractivity contribution in [3.8, 4) is 0 Å². The van der Waals surface area contributed by atoms with E-state index < -0.39 is 5.91 Å². The predicted octanol–water partition coefficient (Wildman–Crippen LogP) is 1.37. The van der Waals surface area contributed by atoms with Crippen molar-refractivity contribution in [3.63, 3.8) is 0 Å². The van der Waals surface area contributed by atoms with E-state index in [2.05, 4.69) is 5.32 Å². The molecule has 0 unspecified atom stereocenters. The van der Waals surface area contributed by atoms with Crippen molar-refractivity contribution in [2.45, 2.75) is 0 Å². The van der Waals surface area contributed by atoms with Crippen LogP contribution in [0, 0.1) is 0 Å². The number of benzene rings is 2. The highest BCUT2D eigenvalue weighted by molar-refractivity contribution is 6.28. The lowest BCUT2D eigenvalue weighted by Crippen LogP contribution is -2.36. The van der Waals surface area contributed by atoms with Crippen molar-refractivity contribution in [1.82, 2.24) is 5.32 Å². The first-order valence-electron chi connectivity index (χ1n) is 5.89. The van der Waals surface area contributed by atoms with E-state index in [0.717, 1.165) is 5.39 Å². The van der Waals surface area contributed by atoms with Crippen LogP contribution < -0.4 is 16.0 Å². The Bertz CT molecular complexity index is 735. The number of nitrogen functional groups attached to an aromatic ring is 1. The number of hydrogen-bond acceptors (Lipinski definition) is 4. The zero-order chi connectivity index (χ0) is 13.7. The van der Waals surface area contributed by atoms with Gasteiger partial charge in [-0.15, -0.1) is 0 Å². The molecule has 0 radical (unpaired) electrons. The lowest BCUT2D eigenvalue weighted by atomic mass is 9.92. The largest absolute Gasteiger partial charge is 0.397 e. The van der Waals surface area contributed by atoms with Crippen molar-refractivity contribution in [2.24, 2.45) is 0 Å². The molecule has 96 valence electrons. The van der Waals surface area contributed by atoms with Crippen LogP contribution in [0.4, 0.5) is 11.4 Å². The lowest BCUT2D eigenvalue weighted by molar-refractivity contribution is 0.0845. The molecule has 0 saturated heterocycles. The number of anilines is 2. The van der Waals surface area contributed by atoms with Gasteiger partial charge in [-0.3, -0.25) is 14.9 Å². The van der Waals surface area contributed by atoms with Gasteiger partial charge < -0.3 is 10.6 Å². The Morgan fingerprint density at radius 2 is 1.89 bits per heavy atom. The molecule has 0 aromatic heterocycles. The van der Waals surface area contributed by atoms with Crippen LogP contribution in [-0.4, -0.2) is 25.9 Å². The molecule has 5 nitrogen and oxygen atoms in total. The van der Waals surface area contributed by atoms with Crippen molar-refractivity contribution >= 4 is 34.0 Å². The summed E-state index contributed by atoms with van der Waals surface area (Å²) in [5.74, 6) is -0.762. The monoisotopic (exact) mass is 255 g/mol. The molecule has 1 aliphatic rings. The van der Waals surface area contributed by atoms with Crippen molar-refractivity contribution in [1.29, 1.82) is 0 Å². The highest BCUT2D eigenvalue weighted by Gasteiger charge is 2.29. The summed E-state index contributed by atoms with van der Waals surface area (Å²) < 4.78 is 0. The molecule has 1 heterocycles. The maximum absolute atomic E-state index is 12.1. The molecule has 0 saturated carbocycles. The average molecular weight is 255 g/mol. The minimum absolute atomic E-state index is 0.363. The van der Waals surface area contributed by atoms with Crippen molar-refractivity contribution in [2.75, 3.05) is 24.7 Å². The van der Waals surface area contributed by atoms with E-state index in [0.29, 0.717) is 27.9 Å². The molecule has 0 spiro atoms. The normalized spacial score (nSPS) is 13.6. The van der Waals surface area contributed by atoms with E-state index in [9.17, 15) is 9.59 Å². The van der Waals surface area contributed by atoms with E-state index in [4.69, 9.17) is 5.73 Å². The smallest absolute Gasteiger partial charge is 0.260 e. The van der Waals surface area contributed by atoms with E-state index in [-0.39, 0.29) is 5.91 Å². The third-order valence-corrected chi connectivity index (χ3v) is 3.31. The van der Waals surface area contributed by atoms with Crippen molar-refractivity contribution < 1.29 is 9.59 Å². The highest BCUT2D eigenvalue weighted by atomic mass is 16.2. The number of nitrogens with two attached hydrogens (primary N) is 1. The Labute approximate surface area is 110 Å². The number of imide groups is 1. The Balaban J connectivity index is 2.56. The van der Waals surface area contributed by atoms with Gasteiger partial charge in [0.2, 0.25) is 0 Å². The standard InChI is InChI=1S/C14H13N3O2/c1-17(2)12-9(15)6-7-4-3-5-8-10(7)11(12)14(19)16-13(8)18/h3-6H,15H2,1-2H3,(H,16,18,19). The Hall–Kier alpha value is -2.56. The molecule has 5 heteroatoms. The molecular formula is C14H13N3O2. The van der Waals surface area contributed by atoms with Crippen LogP contribution in [0.25, 0.3) is 10.8 Å². The number of carbonyl (C=O) groups is 2. The number of hydrogen-bond donors (Lipinski definition) is 2. The Morgan fingerprint density at radius 1 is 1.16 bits per heavy atom. The molecule has 1 aliphatic heterocycles. The van der Waals surface area contributed by atoms with Gasteiger partial charge in [-0.25, -0.2) is 0 Å². The number of rotatable bonds is 1. The molecule has 2 amide bonds. The fraction of sp³-hybridized carbons (Fsp3) is 0.143. The lowest BCUT2D eigenvalue weighted by Gasteiger charge is -2.24. The van der Waals surface area contributed by atoms with E-state index in [1.54, 1.807) is 23.1 Å². The minimum atomic E-state index is -0.398. The molecule has 0 bridgehead atoms. The molecule has 3 N–H and O–H groups in total. The van der Waals surface area contributed by atoms with Crippen molar-refractivity contribution in [3.05, 3.63) is 35.4 Å². The van der Waals surface area contributed by atoms with Gasteiger partial charge in [0.25, 0.3) is 11.8 Å². The minimum Gasteiger partial charge on any atom is -0.397 e. The summed E-state index contributed by atoms with van der Waals surface area (Å²) in [4.78, 5) is 25.8. The summed E-state index contributed by atoms with van der Waals surface area (Å²) >= 11 is 0. The van der Waals surface area contributed by atoms with Gasteiger partial charge in [0.15, 0.2) is 0 Å². The maximum Gasteiger partial charge on any atom is 0.260 e. The Kier molecular flexibility index (Phi) is 2.25. The second-order valence-corrected chi connectivity index (χ2v) is 4.77. The summed E-state index contributed by atoms with van der Waals surface area (Å²) in [6, 6.07) is 7.14. The van der Waals surface area contributed by atoms with Gasteiger partial charge in [0, 0.05) is 25.0 Å². The summed E-state index contributed by atoms with van der Waals surface area (Å²) in [6.45, 7) is 0.